The predicted molar refractivity (Wildman–Crippen MR) is 111 cm³/mol. The van der Waals surface area contributed by atoms with Crippen LogP contribution in [0.3, 0.4) is 0 Å². The van der Waals surface area contributed by atoms with Crippen molar-refractivity contribution in [3.05, 3.63) is 46.3 Å². The van der Waals surface area contributed by atoms with Crippen molar-refractivity contribution >= 4 is 28.2 Å². The molecule has 5 nitrogen and oxygen atoms in total. The molecule has 1 N–H and O–H groups in total. The van der Waals surface area contributed by atoms with Gasteiger partial charge in [-0.25, -0.2) is 4.79 Å². The van der Waals surface area contributed by atoms with E-state index in [-0.39, 0.29) is 11.9 Å². The standard InChI is InChI=1S/C22H27NO4S/c1-4-15-11-12-17-18(13-15)28-21(19(17)22(25)26-5-2)23-20(24)14(3)27-16-9-7-6-8-10-16/h6-10,14-15H,4-5,11-13H2,1-3H3,(H,23,24)/t14-,15-/m0/s1. The van der Waals surface area contributed by atoms with E-state index in [9.17, 15) is 9.59 Å². The SMILES string of the molecule is CCOC(=O)c1c(NC(=O)[C@H](C)Oc2ccccc2)sc2c1CC[C@H](CC)C2. The van der Waals surface area contributed by atoms with Gasteiger partial charge in [0.05, 0.1) is 12.2 Å². The van der Waals surface area contributed by atoms with E-state index in [4.69, 9.17) is 9.47 Å². The Kier molecular flexibility index (Phi) is 6.73. The molecule has 2 atom stereocenters. The first-order valence-electron chi connectivity index (χ1n) is 9.87. The van der Waals surface area contributed by atoms with E-state index >= 15 is 0 Å². The molecule has 0 unspecified atom stereocenters. The monoisotopic (exact) mass is 401 g/mol. The normalized spacial score (nSPS) is 16.8. The maximum atomic E-state index is 12.7. The zero-order valence-electron chi connectivity index (χ0n) is 16.6. The average molecular weight is 402 g/mol. The smallest absolute Gasteiger partial charge is 0.341 e. The second kappa shape index (κ2) is 9.24. The number of benzene rings is 1. The molecule has 1 aliphatic rings. The number of fused-ring (bicyclic) bond motifs is 1. The molecule has 1 amide bonds. The molecule has 0 saturated heterocycles. The number of ether oxygens (including phenoxy) is 2. The number of thiophene rings is 1. The third-order valence-electron chi connectivity index (χ3n) is 5.09. The van der Waals surface area contributed by atoms with Crippen LogP contribution >= 0.6 is 11.3 Å². The Morgan fingerprint density at radius 3 is 2.68 bits per heavy atom. The van der Waals surface area contributed by atoms with Crippen LogP contribution in [0.15, 0.2) is 30.3 Å². The summed E-state index contributed by atoms with van der Waals surface area (Å²) in [5.41, 5.74) is 1.57. The van der Waals surface area contributed by atoms with Crippen molar-refractivity contribution in [2.75, 3.05) is 11.9 Å². The number of anilines is 1. The number of rotatable bonds is 7. The van der Waals surface area contributed by atoms with Crippen LogP contribution in [-0.4, -0.2) is 24.6 Å². The van der Waals surface area contributed by atoms with Gasteiger partial charge in [-0.2, -0.15) is 0 Å². The van der Waals surface area contributed by atoms with Crippen molar-refractivity contribution in [2.45, 2.75) is 52.6 Å². The van der Waals surface area contributed by atoms with Crippen molar-refractivity contribution in [1.29, 1.82) is 0 Å². The average Bonchev–Trinajstić information content (AvgIpc) is 3.05. The van der Waals surface area contributed by atoms with Crippen LogP contribution in [0, 0.1) is 5.92 Å². The summed E-state index contributed by atoms with van der Waals surface area (Å²) < 4.78 is 11.0. The zero-order valence-corrected chi connectivity index (χ0v) is 17.4. The third-order valence-corrected chi connectivity index (χ3v) is 6.26. The lowest BCUT2D eigenvalue weighted by Crippen LogP contribution is -2.30. The van der Waals surface area contributed by atoms with Gasteiger partial charge in [0, 0.05) is 4.88 Å². The summed E-state index contributed by atoms with van der Waals surface area (Å²) in [4.78, 5) is 26.5. The Morgan fingerprint density at radius 2 is 2.00 bits per heavy atom. The summed E-state index contributed by atoms with van der Waals surface area (Å²) in [6, 6.07) is 9.22. The summed E-state index contributed by atoms with van der Waals surface area (Å²) in [5.74, 6) is 0.624. The van der Waals surface area contributed by atoms with Crippen LogP contribution < -0.4 is 10.1 Å². The van der Waals surface area contributed by atoms with Crippen LogP contribution in [0.1, 0.15) is 54.4 Å². The lowest BCUT2D eigenvalue weighted by molar-refractivity contribution is -0.122. The van der Waals surface area contributed by atoms with Crippen LogP contribution in [0.2, 0.25) is 0 Å². The van der Waals surface area contributed by atoms with E-state index < -0.39 is 6.10 Å². The van der Waals surface area contributed by atoms with Gasteiger partial charge in [-0.1, -0.05) is 31.5 Å². The fourth-order valence-electron chi connectivity index (χ4n) is 3.48. The summed E-state index contributed by atoms with van der Waals surface area (Å²) >= 11 is 1.50. The lowest BCUT2D eigenvalue weighted by atomic mass is 9.85. The van der Waals surface area contributed by atoms with Crippen molar-refractivity contribution in [1.82, 2.24) is 0 Å². The van der Waals surface area contributed by atoms with Gasteiger partial charge in [0.25, 0.3) is 5.91 Å². The zero-order chi connectivity index (χ0) is 20.1. The molecule has 0 bridgehead atoms. The second-order valence-corrected chi connectivity index (χ2v) is 8.11. The molecule has 0 spiro atoms. The van der Waals surface area contributed by atoms with E-state index in [1.54, 1.807) is 13.8 Å². The Balaban J connectivity index is 1.81. The van der Waals surface area contributed by atoms with Crippen molar-refractivity contribution in [3.8, 4) is 5.75 Å². The number of nitrogens with one attached hydrogen (secondary N) is 1. The number of hydrogen-bond donors (Lipinski definition) is 1. The molecule has 0 radical (unpaired) electrons. The molecular weight excluding hydrogens is 374 g/mol. The van der Waals surface area contributed by atoms with E-state index in [2.05, 4.69) is 12.2 Å². The number of para-hydroxylation sites is 1. The van der Waals surface area contributed by atoms with E-state index in [0.717, 1.165) is 31.2 Å². The first-order chi connectivity index (χ1) is 13.5. The van der Waals surface area contributed by atoms with Gasteiger partial charge >= 0.3 is 5.97 Å². The molecule has 0 saturated carbocycles. The van der Waals surface area contributed by atoms with Gasteiger partial charge in [-0.3, -0.25) is 4.79 Å². The second-order valence-electron chi connectivity index (χ2n) is 7.01. The topological polar surface area (TPSA) is 64.6 Å². The van der Waals surface area contributed by atoms with Gasteiger partial charge < -0.3 is 14.8 Å². The molecule has 0 aliphatic heterocycles. The fraction of sp³-hybridized carbons (Fsp3) is 0.455. The number of carbonyl (C=O) groups excluding carboxylic acids is 2. The van der Waals surface area contributed by atoms with Gasteiger partial charge in [0.1, 0.15) is 10.8 Å². The maximum Gasteiger partial charge on any atom is 0.341 e. The van der Waals surface area contributed by atoms with E-state index in [1.807, 2.05) is 30.3 Å². The van der Waals surface area contributed by atoms with Crippen molar-refractivity contribution in [3.63, 3.8) is 0 Å². The Morgan fingerprint density at radius 1 is 1.25 bits per heavy atom. The summed E-state index contributed by atoms with van der Waals surface area (Å²) in [6.45, 7) is 5.99. The van der Waals surface area contributed by atoms with Crippen LogP contribution in [0.25, 0.3) is 0 Å². The molecule has 0 fully saturated rings. The molecule has 1 aromatic heterocycles. The highest BCUT2D eigenvalue weighted by molar-refractivity contribution is 7.17. The Bertz CT molecular complexity index is 831. The van der Waals surface area contributed by atoms with Crippen molar-refractivity contribution < 1.29 is 19.1 Å². The lowest BCUT2D eigenvalue weighted by Gasteiger charge is -2.21. The van der Waals surface area contributed by atoms with Crippen LogP contribution in [-0.2, 0) is 22.4 Å². The first-order valence-corrected chi connectivity index (χ1v) is 10.7. The van der Waals surface area contributed by atoms with E-state index in [1.165, 1.54) is 16.2 Å². The summed E-state index contributed by atoms with van der Waals surface area (Å²) in [7, 11) is 0. The van der Waals surface area contributed by atoms with Gasteiger partial charge in [0.15, 0.2) is 6.10 Å². The predicted octanol–water partition coefficient (Wildman–Crippen LogP) is 4.85. The highest BCUT2D eigenvalue weighted by atomic mass is 32.1. The van der Waals surface area contributed by atoms with Gasteiger partial charge in [-0.15, -0.1) is 11.3 Å². The van der Waals surface area contributed by atoms with Crippen LogP contribution in [0.5, 0.6) is 5.75 Å². The molecule has 1 aliphatic carbocycles. The van der Waals surface area contributed by atoms with Gasteiger partial charge in [0.2, 0.25) is 0 Å². The minimum absolute atomic E-state index is 0.278. The Labute approximate surface area is 170 Å². The summed E-state index contributed by atoms with van der Waals surface area (Å²) in [5, 5.41) is 3.49. The quantitative estimate of drug-likeness (QED) is 0.674. The highest BCUT2D eigenvalue weighted by Crippen LogP contribution is 2.40. The molecule has 1 aromatic carbocycles. The fourth-order valence-corrected chi connectivity index (χ4v) is 4.83. The van der Waals surface area contributed by atoms with Gasteiger partial charge in [-0.05, 0) is 56.7 Å². The first kappa shape index (κ1) is 20.4. The molecule has 28 heavy (non-hydrogen) atoms. The van der Waals surface area contributed by atoms with E-state index in [0.29, 0.717) is 28.8 Å². The minimum atomic E-state index is -0.681. The maximum absolute atomic E-state index is 12.7. The highest BCUT2D eigenvalue weighted by Gasteiger charge is 2.30. The molecule has 1 heterocycles. The molecular formula is C22H27NO4S. The Hall–Kier alpha value is -2.34. The van der Waals surface area contributed by atoms with Crippen molar-refractivity contribution in [2.24, 2.45) is 5.92 Å². The number of amides is 1. The molecule has 3 rings (SSSR count). The largest absolute Gasteiger partial charge is 0.481 e. The minimum Gasteiger partial charge on any atom is -0.481 e. The molecule has 2 aromatic rings. The van der Waals surface area contributed by atoms with Crippen LogP contribution in [0.4, 0.5) is 5.00 Å². The number of carbonyl (C=O) groups is 2. The summed E-state index contributed by atoms with van der Waals surface area (Å²) in [6.07, 6.45) is 3.31. The number of hydrogen-bond acceptors (Lipinski definition) is 5. The number of esters is 1. The molecule has 6 heteroatoms. The molecule has 150 valence electrons. The third kappa shape index (κ3) is 4.55.